The molecule has 0 radical (unpaired) electrons. The lowest BCUT2D eigenvalue weighted by molar-refractivity contribution is 0.311. The van der Waals surface area contributed by atoms with Gasteiger partial charge in [-0.05, 0) is 18.9 Å². The van der Waals surface area contributed by atoms with Gasteiger partial charge in [-0.3, -0.25) is 19.7 Å². The maximum absolute atomic E-state index is 12.2. The summed E-state index contributed by atoms with van der Waals surface area (Å²) in [6.07, 6.45) is 5.07. The predicted octanol–water partition coefficient (Wildman–Crippen LogP) is 1.03. The highest BCUT2D eigenvalue weighted by Crippen LogP contribution is 2.13. The Balaban J connectivity index is 2.00. The number of fused-ring (bicyclic) bond motifs is 1. The molecule has 0 aliphatic carbocycles. The average Bonchev–Trinajstić information content (AvgIpc) is 2.59. The van der Waals surface area contributed by atoms with Gasteiger partial charge in [-0.1, -0.05) is 12.1 Å². The van der Waals surface area contributed by atoms with Gasteiger partial charge in [0.25, 0.3) is 5.56 Å². The van der Waals surface area contributed by atoms with Gasteiger partial charge in [-0.15, -0.1) is 0 Å². The van der Waals surface area contributed by atoms with Crippen molar-refractivity contribution in [2.45, 2.75) is 20.3 Å². The highest BCUT2D eigenvalue weighted by Gasteiger charge is 2.12. The quantitative estimate of drug-likeness (QED) is 0.560. The lowest BCUT2D eigenvalue weighted by atomic mass is 10.1. The van der Waals surface area contributed by atoms with Crippen LogP contribution in [0.15, 0.2) is 43.8 Å². The van der Waals surface area contributed by atoms with Gasteiger partial charge in [-0.2, -0.15) is 4.98 Å². The van der Waals surface area contributed by atoms with Gasteiger partial charge in [0.05, 0.1) is 6.20 Å². The van der Waals surface area contributed by atoms with Crippen molar-refractivity contribution in [2.75, 3.05) is 0 Å². The second-order valence-electron chi connectivity index (χ2n) is 4.85. The van der Waals surface area contributed by atoms with Crippen LogP contribution in [0.25, 0.3) is 11.1 Å². The van der Waals surface area contributed by atoms with E-state index in [9.17, 15) is 9.59 Å². The number of hydrogen-bond acceptors (Lipinski definition) is 8. The third kappa shape index (κ3) is 3.05. The Bertz CT molecular complexity index is 1020. The molecule has 0 spiro atoms. The lowest BCUT2D eigenvalue weighted by Gasteiger charge is -2.03. The van der Waals surface area contributed by atoms with Crippen LogP contribution in [-0.4, -0.2) is 25.6 Å². The predicted molar refractivity (Wildman–Crippen MR) is 85.1 cm³/mol. The zero-order valence-electron chi connectivity index (χ0n) is 12.9. The maximum atomic E-state index is 12.2. The number of aromatic amines is 1. The molecule has 0 saturated carbocycles. The molecule has 0 fully saturated rings. The summed E-state index contributed by atoms with van der Waals surface area (Å²) < 4.78 is 4.98. The summed E-state index contributed by atoms with van der Waals surface area (Å²) in [4.78, 5) is 43.3. The fraction of sp³-hybridized carbons (Fsp3) is 0.200. The molecule has 24 heavy (non-hydrogen) atoms. The number of rotatable bonds is 4. The normalized spacial score (nSPS) is 11.7. The summed E-state index contributed by atoms with van der Waals surface area (Å²) in [5, 5.41) is 4.06. The van der Waals surface area contributed by atoms with Crippen LogP contribution in [0.2, 0.25) is 0 Å². The first-order chi connectivity index (χ1) is 11.6. The maximum Gasteiger partial charge on any atom is 0.337 e. The van der Waals surface area contributed by atoms with E-state index in [2.05, 4.69) is 25.1 Å². The smallest absolute Gasteiger partial charge is 0.337 e. The molecule has 122 valence electrons. The van der Waals surface area contributed by atoms with Crippen LogP contribution >= 0.6 is 0 Å². The number of nitrogens with one attached hydrogen (secondary N) is 1. The topological polar surface area (TPSA) is 123 Å². The molecule has 0 aromatic carbocycles. The summed E-state index contributed by atoms with van der Waals surface area (Å²) in [7, 11) is 0. The number of hydrogen-bond donors (Lipinski definition) is 1. The summed E-state index contributed by atoms with van der Waals surface area (Å²) in [6, 6.07) is 1.09. The zero-order chi connectivity index (χ0) is 17.1. The second kappa shape index (κ2) is 6.41. The van der Waals surface area contributed by atoms with Gasteiger partial charge in [0.1, 0.15) is 16.8 Å². The first-order valence-corrected chi connectivity index (χ1v) is 7.13. The minimum Gasteiger partial charge on any atom is -0.403 e. The van der Waals surface area contributed by atoms with Crippen LogP contribution in [0.4, 0.5) is 0 Å². The second-order valence-corrected chi connectivity index (χ2v) is 4.85. The third-order valence-electron chi connectivity index (χ3n) is 3.26. The van der Waals surface area contributed by atoms with Gasteiger partial charge < -0.3 is 9.25 Å². The summed E-state index contributed by atoms with van der Waals surface area (Å²) in [6.45, 7) is 3.49. The van der Waals surface area contributed by atoms with Crippen LogP contribution < -0.4 is 16.0 Å². The summed E-state index contributed by atoms with van der Waals surface area (Å²) in [5.41, 5.74) is 0.367. The number of aryl methyl sites for hydroxylation is 1. The van der Waals surface area contributed by atoms with Crippen molar-refractivity contribution in [2.24, 2.45) is 5.16 Å². The fourth-order valence-corrected chi connectivity index (χ4v) is 2.10. The van der Waals surface area contributed by atoms with E-state index in [0.29, 0.717) is 23.4 Å². The number of oxime groups is 1. The molecule has 3 heterocycles. The van der Waals surface area contributed by atoms with Gasteiger partial charge in [0.15, 0.2) is 0 Å². The number of aromatic nitrogens is 4. The molecule has 0 bridgehead atoms. The molecule has 9 nitrogen and oxygen atoms in total. The first-order valence-electron chi connectivity index (χ1n) is 7.13. The molecular weight excluding hydrogens is 314 g/mol. The Kier molecular flexibility index (Phi) is 4.15. The molecule has 1 N–H and O–H groups in total. The molecule has 0 aliphatic heterocycles. The monoisotopic (exact) mass is 327 g/mol. The van der Waals surface area contributed by atoms with E-state index in [-0.39, 0.29) is 17.1 Å². The Labute approximate surface area is 135 Å². The molecule has 3 rings (SSSR count). The van der Waals surface area contributed by atoms with Crippen LogP contribution in [0.5, 0.6) is 6.01 Å². The van der Waals surface area contributed by atoms with Crippen molar-refractivity contribution in [3.63, 3.8) is 0 Å². The minimum absolute atomic E-state index is 0.0922. The Morgan fingerprint density at radius 1 is 1.38 bits per heavy atom. The molecule has 0 unspecified atom stereocenters. The van der Waals surface area contributed by atoms with Crippen molar-refractivity contribution in [1.29, 1.82) is 0 Å². The molecule has 3 aromatic rings. The average molecular weight is 327 g/mol. The summed E-state index contributed by atoms with van der Waals surface area (Å²) in [5.74, 6) is 0. The molecule has 9 heteroatoms. The summed E-state index contributed by atoms with van der Waals surface area (Å²) >= 11 is 0. The molecule has 0 aliphatic rings. The Hall–Kier alpha value is -3.36. The molecule has 0 atom stereocenters. The zero-order valence-corrected chi connectivity index (χ0v) is 12.9. The number of nitrogens with zero attached hydrogens (tertiary/aromatic N) is 4. The van der Waals surface area contributed by atoms with Crippen molar-refractivity contribution < 1.29 is 9.25 Å². The van der Waals surface area contributed by atoms with Gasteiger partial charge in [0.2, 0.25) is 5.71 Å². The molecular formula is C15H13N5O4. The highest BCUT2D eigenvalue weighted by atomic mass is 16.6. The highest BCUT2D eigenvalue weighted by molar-refractivity contribution is 5.96. The molecule has 0 saturated heterocycles. The van der Waals surface area contributed by atoms with Crippen LogP contribution in [0.1, 0.15) is 25.1 Å². The molecule has 0 amide bonds. The van der Waals surface area contributed by atoms with Crippen molar-refractivity contribution in [3.05, 3.63) is 56.7 Å². The minimum atomic E-state index is -0.581. The molecule has 3 aromatic heterocycles. The largest absolute Gasteiger partial charge is 0.403 e. The van der Waals surface area contributed by atoms with Crippen molar-refractivity contribution in [1.82, 2.24) is 19.9 Å². The first kappa shape index (κ1) is 15.5. The van der Waals surface area contributed by atoms with Gasteiger partial charge >= 0.3 is 11.6 Å². The third-order valence-corrected chi connectivity index (χ3v) is 3.26. The Morgan fingerprint density at radius 3 is 2.92 bits per heavy atom. The SMILES string of the molecule is CCc1cc(=O)oc2nc(ON=C(C)c3cnccn3)[nH]c(=O)c12. The van der Waals surface area contributed by atoms with Crippen LogP contribution in [0, 0.1) is 0 Å². The van der Waals surface area contributed by atoms with E-state index in [4.69, 9.17) is 9.25 Å². The Morgan fingerprint density at radius 2 is 2.21 bits per heavy atom. The van der Waals surface area contributed by atoms with E-state index in [1.54, 1.807) is 6.92 Å². The van der Waals surface area contributed by atoms with Gasteiger partial charge in [-0.25, -0.2) is 4.79 Å². The van der Waals surface area contributed by atoms with E-state index in [1.807, 2.05) is 6.92 Å². The van der Waals surface area contributed by atoms with E-state index >= 15 is 0 Å². The number of H-pyrrole nitrogens is 1. The van der Waals surface area contributed by atoms with E-state index in [1.165, 1.54) is 24.7 Å². The van der Waals surface area contributed by atoms with Crippen LogP contribution in [0.3, 0.4) is 0 Å². The van der Waals surface area contributed by atoms with E-state index in [0.717, 1.165) is 0 Å². The van der Waals surface area contributed by atoms with Crippen LogP contribution in [-0.2, 0) is 6.42 Å². The van der Waals surface area contributed by atoms with Crippen molar-refractivity contribution >= 4 is 16.8 Å². The lowest BCUT2D eigenvalue weighted by Crippen LogP contribution is -2.14. The van der Waals surface area contributed by atoms with E-state index < -0.39 is 11.2 Å². The fourth-order valence-electron chi connectivity index (χ4n) is 2.10. The van der Waals surface area contributed by atoms with Crippen molar-refractivity contribution in [3.8, 4) is 6.01 Å². The standard InChI is InChI=1S/C15H13N5O4/c1-3-9-6-11(21)23-14-12(9)13(22)18-15(19-14)24-20-8(2)10-7-16-4-5-17-10/h4-7H,3H2,1-2H3,(H,18,19,22). The van der Waals surface area contributed by atoms with Gasteiger partial charge in [0, 0.05) is 18.5 Å².